The van der Waals surface area contributed by atoms with Gasteiger partial charge in [0.1, 0.15) is 71.9 Å². The van der Waals surface area contributed by atoms with E-state index in [-0.39, 0.29) is 67.2 Å². The van der Waals surface area contributed by atoms with Crippen LogP contribution in [0, 0.1) is 0 Å². The average molecular weight is 1420 g/mol. The van der Waals surface area contributed by atoms with Crippen LogP contribution in [0.5, 0.6) is 11.5 Å². The zero-order valence-corrected chi connectivity index (χ0v) is 54.5. The van der Waals surface area contributed by atoms with Crippen LogP contribution in [-0.2, 0) is 92.8 Å². The van der Waals surface area contributed by atoms with Crippen molar-refractivity contribution < 1.29 is 97.8 Å². The second-order valence-corrected chi connectivity index (χ2v) is 23.7. The van der Waals surface area contributed by atoms with Crippen LogP contribution in [0.15, 0.2) is 91.5 Å². The molecule has 3 heterocycles. The molecule has 0 radical (unpaired) electrons. The molecule has 21 N–H and O–H groups in total. The Bertz CT molecular complexity index is 3730. The summed E-state index contributed by atoms with van der Waals surface area (Å²) in [4.78, 5) is 199. The number of carbonyl (C=O) groups excluding carboxylic acids is 11. The number of para-hydroxylation sites is 1. The number of nitrogens with two attached hydrogens (primary N) is 2. The number of aliphatic hydroxyl groups excluding tert-OH is 1. The number of phenolic OH excluding ortho intramolecular Hbond substituents is 2. The maximum atomic E-state index is 14.8. The molecule has 0 unspecified atom stereocenters. The number of carboxylic acid groups (broad SMARTS) is 3. The van der Waals surface area contributed by atoms with Crippen molar-refractivity contribution in [3.63, 3.8) is 0 Å². The molecule has 0 bridgehead atoms. The van der Waals surface area contributed by atoms with E-state index in [0.29, 0.717) is 22.0 Å². The number of hydrogen-bond acceptors (Lipinski definition) is 21. The first-order valence-corrected chi connectivity index (χ1v) is 32.0. The molecule has 11 atom stereocenters. The van der Waals surface area contributed by atoms with E-state index >= 15 is 0 Å². The number of primary amides is 1. The quantitative estimate of drug-likeness (QED) is 0.0165. The summed E-state index contributed by atoms with van der Waals surface area (Å²) in [6.45, 7) is -1.19. The maximum absolute atomic E-state index is 14.8. The van der Waals surface area contributed by atoms with Crippen molar-refractivity contribution in [1.82, 2.24) is 67.7 Å². The van der Waals surface area contributed by atoms with Gasteiger partial charge >= 0.3 is 17.9 Å². The minimum atomic E-state index is -1.97. The second kappa shape index (κ2) is 37.1. The summed E-state index contributed by atoms with van der Waals surface area (Å²) in [5, 5.41) is 80.9. The predicted molar refractivity (Wildman–Crippen MR) is 353 cm³/mol. The number of amides is 11. The number of hydrogen-bond donors (Lipinski definition) is 21. The van der Waals surface area contributed by atoms with E-state index in [2.05, 4.69) is 88.1 Å². The first-order valence-electron chi connectivity index (χ1n) is 30.7. The lowest BCUT2D eigenvalue weighted by atomic mass is 10.0. The van der Waals surface area contributed by atoms with Gasteiger partial charge in [0.05, 0.1) is 31.8 Å². The molecule has 35 nitrogen and oxygen atoms in total. The molecule has 99 heavy (non-hydrogen) atoms. The van der Waals surface area contributed by atoms with E-state index in [4.69, 9.17) is 16.6 Å². The van der Waals surface area contributed by atoms with E-state index in [0.717, 1.165) is 4.90 Å². The minimum absolute atomic E-state index is 0.00208. The standard InChI is InChI=1S/C62H77N15O20S2/c63-37(18-30-7-11-34(79)12-8-30)53(88)76-47(28-99)62(97)77-17-3-6-48(77)61(96)73-44(23-51(85)86)58(93)74-45(26-78)59(94)70-41(20-32-24-66-38-5-2-1-4-36(32)38)55(90)71-42(21-33-25-65-29-67-33)56(91)75-46(27-98)60(95)69-40(19-31-9-13-35(80)14-10-31)54(89)72-43(22-50(83)84)57(92)68-39(52(64)87)15-16-49(81)82/h1-2,4-5,7-14,24-25,29,37,39-48,66,78-80,98-99H,3,6,15-23,26-28,63H2,(H2,64,87)(H,65,67)(H,68,92)(H,69,95)(H,70,94)(H,71,90)(H,72,89)(H,73,96)(H,74,93)(H,75,91)(H,76,88)(H,81,82)(H,83,84)(H,85,86)/t37-,39-,40-,41-,42-,43-,44-,45-,46-,47-,48-/m0/s1. The van der Waals surface area contributed by atoms with Crippen LogP contribution in [0.3, 0.4) is 0 Å². The largest absolute Gasteiger partial charge is 0.508 e. The molecule has 3 aromatic carbocycles. The van der Waals surface area contributed by atoms with Gasteiger partial charge < -0.3 is 105 Å². The van der Waals surface area contributed by atoms with Gasteiger partial charge in [-0.25, -0.2) is 4.98 Å². The SMILES string of the molecule is NC(=O)[C@H](CCC(=O)O)NC(=O)[C@H](CC(=O)O)NC(=O)[C@H](Cc1ccc(O)cc1)NC(=O)[C@H](CS)NC(=O)[C@H](Cc1cnc[nH]1)NC(=O)[C@H](Cc1c[nH]c2ccccc12)NC(=O)[C@H](CO)NC(=O)[C@H](CC(=O)O)NC(=O)[C@@H]1CCCN1C(=O)[C@H](CS)NC(=O)[C@@H](N)Cc1ccc(O)cc1. The number of nitrogens with one attached hydrogen (secondary N) is 11. The smallest absolute Gasteiger partial charge is 0.305 e. The van der Waals surface area contributed by atoms with Crippen LogP contribution in [0.2, 0.25) is 0 Å². The number of H-pyrrole nitrogens is 2. The highest BCUT2D eigenvalue weighted by Crippen LogP contribution is 2.22. The summed E-state index contributed by atoms with van der Waals surface area (Å²) in [6, 6.07) is -0.0736. The topological polar surface area (TPSA) is 568 Å². The lowest BCUT2D eigenvalue weighted by molar-refractivity contribution is -0.144. The van der Waals surface area contributed by atoms with Gasteiger partial charge in [-0.1, -0.05) is 42.5 Å². The highest BCUT2D eigenvalue weighted by molar-refractivity contribution is 7.80. The van der Waals surface area contributed by atoms with E-state index in [1.165, 1.54) is 55.1 Å². The number of rotatable bonds is 38. The molecule has 1 fully saturated rings. The number of nitrogens with zero attached hydrogens (tertiary/aromatic N) is 2. The first-order chi connectivity index (χ1) is 47.1. The van der Waals surface area contributed by atoms with Crippen LogP contribution >= 0.6 is 25.3 Å². The summed E-state index contributed by atoms with van der Waals surface area (Å²) in [5.41, 5.74) is 13.6. The van der Waals surface area contributed by atoms with Crippen molar-refractivity contribution in [3.8, 4) is 11.5 Å². The van der Waals surface area contributed by atoms with Gasteiger partial charge in [-0.15, -0.1) is 0 Å². The summed E-state index contributed by atoms with van der Waals surface area (Å²) >= 11 is 8.50. The lowest BCUT2D eigenvalue weighted by Gasteiger charge is -2.30. The number of fused-ring (bicyclic) bond motifs is 1. The molecule has 532 valence electrons. The molecule has 6 rings (SSSR count). The summed E-state index contributed by atoms with van der Waals surface area (Å²) in [7, 11) is 0. The Labute approximate surface area is 574 Å². The molecule has 1 aliphatic rings. The number of aromatic hydroxyl groups is 2. The van der Waals surface area contributed by atoms with Crippen molar-refractivity contribution in [2.45, 2.75) is 131 Å². The number of carboxylic acids is 3. The fraction of sp³-hybridized carbons (Fsp3) is 0.403. The van der Waals surface area contributed by atoms with Gasteiger partial charge in [-0.05, 0) is 72.7 Å². The molecule has 1 saturated heterocycles. The Morgan fingerprint density at radius 3 is 1.56 bits per heavy atom. The zero-order valence-electron chi connectivity index (χ0n) is 52.8. The van der Waals surface area contributed by atoms with Crippen molar-refractivity contribution in [2.24, 2.45) is 11.5 Å². The Kier molecular flexibility index (Phi) is 28.9. The van der Waals surface area contributed by atoms with Gasteiger partial charge in [0.15, 0.2) is 0 Å². The molecule has 37 heteroatoms. The summed E-state index contributed by atoms with van der Waals surface area (Å²) in [5.74, 6) is -17.5. The Hall–Kier alpha value is -10.8. The minimum Gasteiger partial charge on any atom is -0.508 e. The molecule has 0 aliphatic carbocycles. The van der Waals surface area contributed by atoms with Crippen LogP contribution in [-0.4, -0.2) is 224 Å². The number of phenols is 2. The van der Waals surface area contributed by atoms with Crippen LogP contribution in [0.1, 0.15) is 60.9 Å². The Morgan fingerprint density at radius 2 is 1.02 bits per heavy atom. The van der Waals surface area contributed by atoms with Crippen molar-refractivity contribution in [3.05, 3.63) is 114 Å². The fourth-order valence-corrected chi connectivity index (χ4v) is 11.0. The molecular formula is C62H77N15O20S2. The Morgan fingerprint density at radius 1 is 0.545 bits per heavy atom. The molecule has 1 aliphatic heterocycles. The van der Waals surface area contributed by atoms with Crippen LogP contribution < -0.4 is 59.3 Å². The second-order valence-electron chi connectivity index (χ2n) is 23.0. The van der Waals surface area contributed by atoms with E-state index in [1.807, 2.05) is 0 Å². The van der Waals surface area contributed by atoms with Gasteiger partial charge in [-0.3, -0.25) is 67.1 Å². The van der Waals surface area contributed by atoms with Crippen LogP contribution in [0.4, 0.5) is 0 Å². The zero-order chi connectivity index (χ0) is 72.6. The van der Waals surface area contributed by atoms with Crippen molar-refractivity contribution in [2.75, 3.05) is 24.7 Å². The third kappa shape index (κ3) is 23.2. The number of likely N-dealkylation sites (tertiary alicyclic amines) is 1. The first kappa shape index (κ1) is 77.2. The number of aliphatic carboxylic acids is 3. The van der Waals surface area contributed by atoms with Crippen LogP contribution in [0.25, 0.3) is 10.9 Å². The maximum Gasteiger partial charge on any atom is 0.305 e. The lowest BCUT2D eigenvalue weighted by Crippen LogP contribution is -2.62. The molecule has 0 spiro atoms. The number of thiol groups is 2. The molecule has 2 aromatic heterocycles. The number of aliphatic hydroxyl groups is 1. The molecular weight excluding hydrogens is 1340 g/mol. The number of carbonyl (C=O) groups is 14. The third-order valence-electron chi connectivity index (χ3n) is 15.7. The normalized spacial score (nSPS) is 15.7. The third-order valence-corrected chi connectivity index (χ3v) is 16.4. The fourth-order valence-electron chi connectivity index (χ4n) is 10.5. The number of imidazole rings is 1. The molecule has 0 saturated carbocycles. The average Bonchev–Trinajstić information content (AvgIpc) is 1.74. The Balaban J connectivity index is 1.19. The van der Waals surface area contributed by atoms with E-state index in [9.17, 15) is 92.7 Å². The van der Waals surface area contributed by atoms with Gasteiger partial charge in [-0.2, -0.15) is 25.3 Å². The predicted octanol–water partition coefficient (Wildman–Crippen LogP) is -4.59. The van der Waals surface area contributed by atoms with Gasteiger partial charge in [0.25, 0.3) is 0 Å². The van der Waals surface area contributed by atoms with Gasteiger partial charge in [0.2, 0.25) is 65.0 Å². The number of aromatic amines is 2. The molecule has 5 aromatic rings. The summed E-state index contributed by atoms with van der Waals surface area (Å²) in [6.07, 6.45) is -0.0828. The van der Waals surface area contributed by atoms with Crippen molar-refractivity contribution >= 4 is 119 Å². The van der Waals surface area contributed by atoms with Gasteiger partial charge in [0, 0.05) is 72.7 Å². The van der Waals surface area contributed by atoms with Crippen molar-refractivity contribution in [1.29, 1.82) is 0 Å². The van der Waals surface area contributed by atoms with E-state index < -0.39 is 194 Å². The number of aromatic nitrogens is 3. The summed E-state index contributed by atoms with van der Waals surface area (Å²) < 4.78 is 0. The number of benzene rings is 3. The monoisotopic (exact) mass is 1420 g/mol. The molecule has 11 amide bonds. The highest BCUT2D eigenvalue weighted by Gasteiger charge is 2.41. The van der Waals surface area contributed by atoms with E-state index in [1.54, 1.807) is 36.4 Å². The highest BCUT2D eigenvalue weighted by atomic mass is 32.1.